The Balaban J connectivity index is 1.59. The highest BCUT2D eigenvalue weighted by atomic mass is 19.1. The molecule has 0 unspecified atom stereocenters. The summed E-state index contributed by atoms with van der Waals surface area (Å²) in [5.74, 6) is -0.429. The van der Waals surface area contributed by atoms with Crippen molar-refractivity contribution in [3.8, 4) is 22.3 Å². The van der Waals surface area contributed by atoms with Crippen LogP contribution in [0.3, 0.4) is 0 Å². The summed E-state index contributed by atoms with van der Waals surface area (Å²) in [5, 5.41) is 9.12. The van der Waals surface area contributed by atoms with E-state index in [9.17, 15) is 9.18 Å². The number of halogens is 1. The van der Waals surface area contributed by atoms with Crippen LogP contribution in [0.15, 0.2) is 67.0 Å². The van der Waals surface area contributed by atoms with Crippen LogP contribution in [0.25, 0.3) is 22.3 Å². The van der Waals surface area contributed by atoms with Gasteiger partial charge in [-0.15, -0.1) is 0 Å². The molecule has 1 saturated heterocycles. The Hall–Kier alpha value is -3.25. The Morgan fingerprint density at radius 3 is 2.52 bits per heavy atom. The fourth-order valence-electron chi connectivity index (χ4n) is 3.11. The largest absolute Gasteiger partial charge is 0.441 e. The highest BCUT2D eigenvalue weighted by Gasteiger charge is 2.32. The molecule has 136 valence electrons. The van der Waals surface area contributed by atoms with Crippen LogP contribution in [0.2, 0.25) is 0 Å². The summed E-state index contributed by atoms with van der Waals surface area (Å²) in [6.07, 6.45) is 2.33. The Bertz CT molecular complexity index is 961. The van der Waals surface area contributed by atoms with Crippen molar-refractivity contribution in [2.75, 3.05) is 18.1 Å². The van der Waals surface area contributed by atoms with E-state index in [4.69, 9.17) is 9.84 Å². The van der Waals surface area contributed by atoms with Crippen molar-refractivity contribution in [1.82, 2.24) is 4.98 Å². The number of pyridine rings is 1. The van der Waals surface area contributed by atoms with Gasteiger partial charge in [-0.1, -0.05) is 30.3 Å². The first-order valence-corrected chi connectivity index (χ1v) is 8.55. The Morgan fingerprint density at radius 1 is 1.11 bits per heavy atom. The molecule has 1 amide bonds. The van der Waals surface area contributed by atoms with Crippen molar-refractivity contribution in [1.29, 1.82) is 0 Å². The van der Waals surface area contributed by atoms with Gasteiger partial charge in [0.15, 0.2) is 0 Å². The molecule has 2 aromatic carbocycles. The second-order valence-electron chi connectivity index (χ2n) is 6.28. The maximum absolute atomic E-state index is 14.7. The average Bonchev–Trinajstić information content (AvgIpc) is 3.10. The maximum atomic E-state index is 14.7. The lowest BCUT2D eigenvalue weighted by Gasteiger charge is -2.14. The molecular formula is C21H17FN2O3. The molecule has 0 saturated carbocycles. The number of carbonyl (C=O) groups excluding carboxylic acids is 1. The molecule has 1 fully saturated rings. The van der Waals surface area contributed by atoms with E-state index in [1.807, 2.05) is 36.4 Å². The van der Waals surface area contributed by atoms with Gasteiger partial charge in [0.25, 0.3) is 0 Å². The highest BCUT2D eigenvalue weighted by molar-refractivity contribution is 5.90. The van der Waals surface area contributed by atoms with Gasteiger partial charge in [-0.25, -0.2) is 9.18 Å². The smallest absolute Gasteiger partial charge is 0.414 e. The minimum absolute atomic E-state index is 0.202. The number of hydrogen-bond acceptors (Lipinski definition) is 4. The van der Waals surface area contributed by atoms with Gasteiger partial charge in [-0.3, -0.25) is 9.88 Å². The second-order valence-corrected chi connectivity index (χ2v) is 6.28. The molecule has 5 nitrogen and oxygen atoms in total. The van der Waals surface area contributed by atoms with Gasteiger partial charge in [-0.05, 0) is 41.0 Å². The monoisotopic (exact) mass is 364 g/mol. The predicted octanol–water partition coefficient (Wildman–Crippen LogP) is 3.87. The molecular weight excluding hydrogens is 347 g/mol. The van der Waals surface area contributed by atoms with E-state index >= 15 is 0 Å². The molecule has 1 aliphatic rings. The predicted molar refractivity (Wildman–Crippen MR) is 99.8 cm³/mol. The Labute approximate surface area is 155 Å². The van der Waals surface area contributed by atoms with Crippen LogP contribution in [-0.4, -0.2) is 35.4 Å². The van der Waals surface area contributed by atoms with E-state index in [1.54, 1.807) is 24.5 Å². The van der Waals surface area contributed by atoms with E-state index in [1.165, 1.54) is 11.0 Å². The lowest BCUT2D eigenvalue weighted by molar-refractivity contribution is 0.0963. The number of aliphatic hydroxyl groups excluding tert-OH is 1. The Morgan fingerprint density at radius 2 is 1.89 bits per heavy atom. The number of aromatic nitrogens is 1. The van der Waals surface area contributed by atoms with Crippen molar-refractivity contribution in [3.05, 3.63) is 72.8 Å². The maximum Gasteiger partial charge on any atom is 0.414 e. The van der Waals surface area contributed by atoms with Crippen molar-refractivity contribution in [3.63, 3.8) is 0 Å². The van der Waals surface area contributed by atoms with E-state index < -0.39 is 18.0 Å². The lowest BCUT2D eigenvalue weighted by atomic mass is 10.0. The quantitative estimate of drug-likeness (QED) is 0.763. The normalized spacial score (nSPS) is 16.4. The average molecular weight is 364 g/mol. The van der Waals surface area contributed by atoms with Crippen LogP contribution in [0.5, 0.6) is 0 Å². The van der Waals surface area contributed by atoms with Crippen LogP contribution in [0.4, 0.5) is 14.9 Å². The van der Waals surface area contributed by atoms with Gasteiger partial charge in [0, 0.05) is 18.0 Å². The second kappa shape index (κ2) is 7.17. The van der Waals surface area contributed by atoms with Gasteiger partial charge in [0.2, 0.25) is 0 Å². The molecule has 0 aliphatic carbocycles. The SMILES string of the molecule is O=C1O[C@@H](CO)CN1c1ccc(-c2ccc(-c3cccnc3)cc2)c(F)c1. The number of anilines is 1. The first-order chi connectivity index (χ1) is 13.2. The number of amides is 1. The van der Waals surface area contributed by atoms with Gasteiger partial charge >= 0.3 is 6.09 Å². The van der Waals surface area contributed by atoms with Crippen LogP contribution < -0.4 is 4.90 Å². The summed E-state index contributed by atoms with van der Waals surface area (Å²) in [4.78, 5) is 17.3. The van der Waals surface area contributed by atoms with Crippen LogP contribution in [0, 0.1) is 5.82 Å². The molecule has 0 spiro atoms. The standard InChI is InChI=1S/C21H17FN2O3/c22-20-10-17(24-12-18(13-25)27-21(24)26)7-8-19(20)15-5-3-14(4-6-15)16-2-1-9-23-11-16/h1-11,18,25H,12-13H2/t18-/m1/s1. The van der Waals surface area contributed by atoms with Crippen LogP contribution >= 0.6 is 0 Å². The third-order valence-electron chi connectivity index (χ3n) is 4.53. The van der Waals surface area contributed by atoms with E-state index in [0.29, 0.717) is 11.3 Å². The molecule has 1 atom stereocenters. The lowest BCUT2D eigenvalue weighted by Crippen LogP contribution is -2.25. The molecule has 3 aromatic rings. The zero-order valence-electron chi connectivity index (χ0n) is 14.4. The molecule has 1 aromatic heterocycles. The summed E-state index contributed by atoms with van der Waals surface area (Å²) in [7, 11) is 0. The topological polar surface area (TPSA) is 62.7 Å². The third-order valence-corrected chi connectivity index (χ3v) is 4.53. The number of hydrogen-bond donors (Lipinski definition) is 1. The van der Waals surface area contributed by atoms with Gasteiger partial charge in [-0.2, -0.15) is 0 Å². The number of carbonyl (C=O) groups is 1. The number of benzene rings is 2. The van der Waals surface area contributed by atoms with Gasteiger partial charge in [0.1, 0.15) is 11.9 Å². The molecule has 4 rings (SSSR count). The summed E-state index contributed by atoms with van der Waals surface area (Å²) >= 11 is 0. The number of nitrogens with zero attached hydrogens (tertiary/aromatic N) is 2. The first kappa shape index (κ1) is 17.2. The van der Waals surface area contributed by atoms with E-state index in [-0.39, 0.29) is 13.2 Å². The minimum Gasteiger partial charge on any atom is -0.441 e. The Kier molecular flexibility index (Phi) is 4.56. The molecule has 27 heavy (non-hydrogen) atoms. The number of rotatable bonds is 4. The summed E-state index contributed by atoms with van der Waals surface area (Å²) in [6.45, 7) is -0.0555. The summed E-state index contributed by atoms with van der Waals surface area (Å²) < 4.78 is 19.7. The van der Waals surface area contributed by atoms with Crippen molar-refractivity contribution in [2.45, 2.75) is 6.10 Å². The molecule has 1 N–H and O–H groups in total. The van der Waals surface area contributed by atoms with E-state index in [0.717, 1.165) is 16.7 Å². The fraction of sp³-hybridized carbons (Fsp3) is 0.143. The van der Waals surface area contributed by atoms with Crippen LogP contribution in [-0.2, 0) is 4.74 Å². The molecule has 2 heterocycles. The number of cyclic esters (lactones) is 1. The summed E-state index contributed by atoms with van der Waals surface area (Å²) in [5.41, 5.74) is 3.58. The number of aliphatic hydroxyl groups is 1. The zero-order chi connectivity index (χ0) is 18.8. The van der Waals surface area contributed by atoms with Crippen LogP contribution in [0.1, 0.15) is 0 Å². The highest BCUT2D eigenvalue weighted by Crippen LogP contribution is 2.30. The van der Waals surface area contributed by atoms with Gasteiger partial charge in [0.05, 0.1) is 18.8 Å². The molecule has 1 aliphatic heterocycles. The molecule has 0 radical (unpaired) electrons. The zero-order valence-corrected chi connectivity index (χ0v) is 14.4. The van der Waals surface area contributed by atoms with Crippen molar-refractivity contribution in [2.24, 2.45) is 0 Å². The van der Waals surface area contributed by atoms with E-state index in [2.05, 4.69) is 4.98 Å². The third kappa shape index (κ3) is 3.39. The molecule has 0 bridgehead atoms. The van der Waals surface area contributed by atoms with Crippen molar-refractivity contribution >= 4 is 11.8 Å². The molecule has 6 heteroatoms. The first-order valence-electron chi connectivity index (χ1n) is 8.55. The minimum atomic E-state index is -0.583. The number of ether oxygens (including phenoxy) is 1. The summed E-state index contributed by atoms with van der Waals surface area (Å²) in [6, 6.07) is 16.0. The van der Waals surface area contributed by atoms with Gasteiger partial charge < -0.3 is 9.84 Å². The van der Waals surface area contributed by atoms with Crippen molar-refractivity contribution < 1.29 is 19.0 Å². The fourth-order valence-corrected chi connectivity index (χ4v) is 3.11.